The zero-order valence-electron chi connectivity index (χ0n) is 11.7. The number of benzene rings is 1. The maximum absolute atomic E-state index is 12.2. The number of carbonyl (C=O) groups excluding carboxylic acids is 2. The third-order valence-corrected chi connectivity index (χ3v) is 3.20. The first kappa shape index (κ1) is 14.0. The molecular weight excluding hydrogens is 284 g/mol. The van der Waals surface area contributed by atoms with E-state index in [0.717, 1.165) is 0 Å². The van der Waals surface area contributed by atoms with Crippen LogP contribution in [0.25, 0.3) is 0 Å². The molecule has 3 rings (SSSR count). The lowest BCUT2D eigenvalue weighted by Gasteiger charge is -2.21. The van der Waals surface area contributed by atoms with Gasteiger partial charge in [-0.2, -0.15) is 10.2 Å². The molecule has 0 aliphatic carbocycles. The van der Waals surface area contributed by atoms with Crippen molar-refractivity contribution in [1.82, 2.24) is 10.2 Å². The van der Waals surface area contributed by atoms with Crippen molar-refractivity contribution in [3.8, 4) is 5.75 Å². The lowest BCUT2D eigenvalue weighted by molar-refractivity contribution is -0.121. The molecule has 0 spiro atoms. The number of anilines is 2. The van der Waals surface area contributed by atoms with Crippen molar-refractivity contribution < 1.29 is 14.3 Å². The van der Waals surface area contributed by atoms with E-state index in [4.69, 9.17) is 4.74 Å². The van der Waals surface area contributed by atoms with Crippen molar-refractivity contribution in [1.29, 1.82) is 0 Å². The third kappa shape index (κ3) is 3.03. The third-order valence-electron chi connectivity index (χ3n) is 3.20. The van der Waals surface area contributed by atoms with Crippen molar-refractivity contribution >= 4 is 23.2 Å². The Morgan fingerprint density at radius 2 is 2.14 bits per heavy atom. The fraction of sp³-hybridized carbons (Fsp3) is 0.200. The number of para-hydroxylation sites is 2. The zero-order chi connectivity index (χ0) is 15.4. The van der Waals surface area contributed by atoms with Crippen LogP contribution in [-0.2, 0) is 9.59 Å². The lowest BCUT2D eigenvalue weighted by Crippen LogP contribution is -2.37. The average molecular weight is 298 g/mol. The molecule has 0 bridgehead atoms. The highest BCUT2D eigenvalue weighted by atomic mass is 16.5. The molecule has 22 heavy (non-hydrogen) atoms. The number of ether oxygens (including phenoxy) is 1. The van der Waals surface area contributed by atoms with E-state index in [1.165, 1.54) is 17.3 Å². The summed E-state index contributed by atoms with van der Waals surface area (Å²) >= 11 is 0. The van der Waals surface area contributed by atoms with Gasteiger partial charge in [0, 0.05) is 0 Å². The van der Waals surface area contributed by atoms with E-state index in [0.29, 0.717) is 23.7 Å². The Balaban J connectivity index is 1.78. The molecule has 2 aromatic rings. The zero-order valence-corrected chi connectivity index (χ0v) is 11.7. The summed E-state index contributed by atoms with van der Waals surface area (Å²) in [4.78, 5) is 25.8. The van der Waals surface area contributed by atoms with E-state index in [1.54, 1.807) is 24.3 Å². The van der Waals surface area contributed by atoms with Crippen LogP contribution >= 0.6 is 0 Å². The molecule has 1 aliphatic heterocycles. The molecular formula is C15H14N4O3. The molecule has 1 aromatic heterocycles. The maximum atomic E-state index is 12.2. The summed E-state index contributed by atoms with van der Waals surface area (Å²) in [6, 6.07) is 8.81. The van der Waals surface area contributed by atoms with E-state index in [2.05, 4.69) is 15.5 Å². The molecule has 7 heteroatoms. The van der Waals surface area contributed by atoms with E-state index in [9.17, 15) is 9.59 Å². The van der Waals surface area contributed by atoms with Gasteiger partial charge in [-0.3, -0.25) is 14.5 Å². The van der Waals surface area contributed by atoms with E-state index in [1.807, 2.05) is 6.07 Å². The number of aromatic nitrogens is 2. The molecule has 0 radical (unpaired) electrons. The number of fused-ring (bicyclic) bond motifs is 1. The number of amides is 2. The number of nitrogens with zero attached hydrogens (tertiary/aromatic N) is 3. The molecule has 112 valence electrons. The Kier molecular flexibility index (Phi) is 3.95. The van der Waals surface area contributed by atoms with Gasteiger partial charge in [-0.25, -0.2) is 0 Å². The highest BCUT2D eigenvalue weighted by Crippen LogP contribution is 2.30. The predicted molar refractivity (Wildman–Crippen MR) is 79.6 cm³/mol. The van der Waals surface area contributed by atoms with Crippen molar-refractivity contribution in [2.45, 2.75) is 6.42 Å². The minimum Gasteiger partial charge on any atom is -0.491 e. The average Bonchev–Trinajstić information content (AvgIpc) is 2.68. The van der Waals surface area contributed by atoms with Crippen molar-refractivity contribution in [2.24, 2.45) is 0 Å². The van der Waals surface area contributed by atoms with Crippen LogP contribution in [0.3, 0.4) is 0 Å². The fourth-order valence-electron chi connectivity index (χ4n) is 2.20. The summed E-state index contributed by atoms with van der Waals surface area (Å²) in [5.41, 5.74) is 1.14. The van der Waals surface area contributed by atoms with Crippen molar-refractivity contribution in [3.05, 3.63) is 42.7 Å². The summed E-state index contributed by atoms with van der Waals surface area (Å²) in [6.07, 6.45) is 3.16. The lowest BCUT2D eigenvalue weighted by atomic mass is 10.2. The molecule has 0 fully saturated rings. The quantitative estimate of drug-likeness (QED) is 0.921. The van der Waals surface area contributed by atoms with Gasteiger partial charge in [0.05, 0.1) is 36.8 Å². The SMILES string of the molecule is O=C(CN1C(=O)CCOc2ccccc21)Nc1ccnnc1. The van der Waals surface area contributed by atoms with Gasteiger partial charge < -0.3 is 10.1 Å². The smallest absolute Gasteiger partial charge is 0.244 e. The number of carbonyl (C=O) groups is 2. The second kappa shape index (κ2) is 6.21. The van der Waals surface area contributed by atoms with E-state index in [-0.39, 0.29) is 24.8 Å². The summed E-state index contributed by atoms with van der Waals surface area (Å²) < 4.78 is 5.54. The molecule has 0 saturated carbocycles. The maximum Gasteiger partial charge on any atom is 0.244 e. The first-order chi connectivity index (χ1) is 10.7. The summed E-state index contributed by atoms with van der Waals surface area (Å²) in [5.74, 6) is 0.151. The molecule has 0 unspecified atom stereocenters. The first-order valence-corrected chi connectivity index (χ1v) is 6.83. The van der Waals surface area contributed by atoms with Crippen LogP contribution in [-0.4, -0.2) is 35.2 Å². The number of rotatable bonds is 3. The number of nitrogens with one attached hydrogen (secondary N) is 1. The van der Waals surface area contributed by atoms with Crippen molar-refractivity contribution in [2.75, 3.05) is 23.4 Å². The molecule has 0 atom stereocenters. The molecule has 0 saturated heterocycles. The fourth-order valence-corrected chi connectivity index (χ4v) is 2.20. The normalized spacial score (nSPS) is 13.8. The molecule has 1 N–H and O–H groups in total. The van der Waals surface area contributed by atoms with Gasteiger partial charge in [0.15, 0.2) is 0 Å². The summed E-state index contributed by atoms with van der Waals surface area (Å²) in [5, 5.41) is 10.0. The molecule has 2 heterocycles. The van der Waals surface area contributed by atoms with Gasteiger partial charge in [0.2, 0.25) is 11.8 Å². The van der Waals surface area contributed by atoms with E-state index < -0.39 is 0 Å². The minimum atomic E-state index is -0.307. The Bertz CT molecular complexity index is 690. The van der Waals surface area contributed by atoms with Crippen LogP contribution in [0.4, 0.5) is 11.4 Å². The summed E-state index contributed by atoms with van der Waals surface area (Å²) in [6.45, 7) is 0.226. The molecule has 7 nitrogen and oxygen atoms in total. The van der Waals surface area contributed by atoms with E-state index >= 15 is 0 Å². The van der Waals surface area contributed by atoms with Crippen LogP contribution in [0, 0.1) is 0 Å². The van der Waals surface area contributed by atoms with Crippen LogP contribution in [0.2, 0.25) is 0 Å². The highest BCUT2D eigenvalue weighted by Gasteiger charge is 2.24. The van der Waals surface area contributed by atoms with Gasteiger partial charge in [0.1, 0.15) is 12.3 Å². The topological polar surface area (TPSA) is 84.4 Å². The predicted octanol–water partition coefficient (Wildman–Crippen LogP) is 1.23. The second-order valence-electron chi connectivity index (χ2n) is 4.73. The largest absolute Gasteiger partial charge is 0.491 e. The van der Waals surface area contributed by atoms with Crippen LogP contribution in [0.1, 0.15) is 6.42 Å². The molecule has 2 amide bonds. The highest BCUT2D eigenvalue weighted by molar-refractivity contribution is 6.03. The van der Waals surface area contributed by atoms with Gasteiger partial charge >= 0.3 is 0 Å². The van der Waals surface area contributed by atoms with Crippen LogP contribution in [0.5, 0.6) is 5.75 Å². The number of hydrogen-bond acceptors (Lipinski definition) is 5. The Labute approximate surface area is 126 Å². The molecule has 1 aliphatic rings. The van der Waals surface area contributed by atoms with Gasteiger partial charge in [0.25, 0.3) is 0 Å². The minimum absolute atomic E-state index is 0.0818. The number of hydrogen-bond donors (Lipinski definition) is 1. The van der Waals surface area contributed by atoms with Crippen LogP contribution < -0.4 is 15.0 Å². The van der Waals surface area contributed by atoms with Crippen molar-refractivity contribution in [3.63, 3.8) is 0 Å². The van der Waals surface area contributed by atoms with Gasteiger partial charge in [-0.15, -0.1) is 0 Å². The molecule has 1 aromatic carbocycles. The second-order valence-corrected chi connectivity index (χ2v) is 4.73. The Hall–Kier alpha value is -2.96. The monoisotopic (exact) mass is 298 g/mol. The first-order valence-electron chi connectivity index (χ1n) is 6.83. The van der Waals surface area contributed by atoms with Crippen LogP contribution in [0.15, 0.2) is 42.7 Å². The Morgan fingerprint density at radius 1 is 1.27 bits per heavy atom. The summed E-state index contributed by atoms with van der Waals surface area (Å²) in [7, 11) is 0. The van der Waals surface area contributed by atoms with Gasteiger partial charge in [-0.1, -0.05) is 12.1 Å². The Morgan fingerprint density at radius 3 is 2.95 bits per heavy atom. The van der Waals surface area contributed by atoms with Gasteiger partial charge in [-0.05, 0) is 18.2 Å². The standard InChI is InChI=1S/C15H14N4O3/c20-14(18-11-5-7-16-17-9-11)10-19-12-3-1-2-4-13(12)22-8-6-15(19)21/h1-5,7,9H,6,8,10H2,(H,16,18,20).